The lowest BCUT2D eigenvalue weighted by atomic mass is 10.2. The van der Waals surface area contributed by atoms with Crippen LogP contribution in [0, 0.1) is 5.82 Å². The average molecular weight is 355 g/mol. The lowest BCUT2D eigenvalue weighted by Gasteiger charge is -2.15. The van der Waals surface area contributed by atoms with Gasteiger partial charge in [0.15, 0.2) is 24.0 Å². The predicted octanol–water partition coefficient (Wildman–Crippen LogP) is 3.10. The standard InChI is InChI=1S/C19H18FN3O3/c1-23(19(24)14-7-3-2-4-8-14)12-11-17-21-18(26-22-17)13-25-16-10-6-5-9-15(16)20/h2-10H,11-13H2,1H3. The average Bonchev–Trinajstić information content (AvgIpc) is 3.13. The zero-order valence-electron chi connectivity index (χ0n) is 14.3. The van der Waals surface area contributed by atoms with E-state index in [1.807, 2.05) is 18.2 Å². The van der Waals surface area contributed by atoms with E-state index in [9.17, 15) is 9.18 Å². The van der Waals surface area contributed by atoms with E-state index in [-0.39, 0.29) is 24.2 Å². The van der Waals surface area contributed by atoms with Gasteiger partial charge in [0.25, 0.3) is 11.8 Å². The van der Waals surface area contributed by atoms with Crippen LogP contribution in [-0.4, -0.2) is 34.5 Å². The van der Waals surface area contributed by atoms with E-state index in [4.69, 9.17) is 9.26 Å². The summed E-state index contributed by atoms with van der Waals surface area (Å²) < 4.78 is 23.9. The van der Waals surface area contributed by atoms with Gasteiger partial charge < -0.3 is 14.2 Å². The Labute approximate surface area is 150 Å². The highest BCUT2D eigenvalue weighted by Gasteiger charge is 2.13. The van der Waals surface area contributed by atoms with Gasteiger partial charge in [0.1, 0.15) is 0 Å². The second kappa shape index (κ2) is 8.24. The molecular formula is C19H18FN3O3. The lowest BCUT2D eigenvalue weighted by molar-refractivity contribution is 0.0796. The predicted molar refractivity (Wildman–Crippen MR) is 92.1 cm³/mol. The van der Waals surface area contributed by atoms with Gasteiger partial charge in [-0.1, -0.05) is 35.5 Å². The molecule has 0 fully saturated rings. The topological polar surface area (TPSA) is 68.5 Å². The molecule has 0 unspecified atom stereocenters. The van der Waals surface area contributed by atoms with Crippen LogP contribution in [-0.2, 0) is 13.0 Å². The van der Waals surface area contributed by atoms with Crippen LogP contribution in [0.15, 0.2) is 59.1 Å². The van der Waals surface area contributed by atoms with Gasteiger partial charge in [0.05, 0.1) is 0 Å². The molecule has 0 saturated carbocycles. The number of benzene rings is 2. The third kappa shape index (κ3) is 4.44. The monoisotopic (exact) mass is 355 g/mol. The maximum absolute atomic E-state index is 13.5. The third-order valence-corrected chi connectivity index (χ3v) is 3.74. The van der Waals surface area contributed by atoms with Crippen molar-refractivity contribution in [3.8, 4) is 5.75 Å². The molecule has 6 nitrogen and oxygen atoms in total. The number of hydrogen-bond acceptors (Lipinski definition) is 5. The third-order valence-electron chi connectivity index (χ3n) is 3.74. The van der Waals surface area contributed by atoms with Gasteiger partial charge in [0.2, 0.25) is 0 Å². The summed E-state index contributed by atoms with van der Waals surface area (Å²) in [5, 5.41) is 3.86. The zero-order chi connectivity index (χ0) is 18.4. The zero-order valence-corrected chi connectivity index (χ0v) is 14.3. The number of amides is 1. The SMILES string of the molecule is CN(CCc1noc(COc2ccccc2F)n1)C(=O)c1ccccc1. The van der Waals surface area contributed by atoms with Crippen molar-refractivity contribution in [1.82, 2.24) is 15.0 Å². The minimum absolute atomic E-state index is 0.0211. The van der Waals surface area contributed by atoms with Crippen molar-refractivity contribution in [3.05, 3.63) is 77.7 Å². The fraction of sp³-hybridized carbons (Fsp3) is 0.211. The molecule has 1 heterocycles. The molecular weight excluding hydrogens is 337 g/mol. The Bertz CT molecular complexity index is 867. The number of nitrogens with zero attached hydrogens (tertiary/aromatic N) is 3. The fourth-order valence-corrected chi connectivity index (χ4v) is 2.32. The Morgan fingerprint density at radius 1 is 1.15 bits per heavy atom. The molecule has 2 aromatic carbocycles. The van der Waals surface area contributed by atoms with Crippen LogP contribution in [0.3, 0.4) is 0 Å². The summed E-state index contributed by atoms with van der Waals surface area (Å²) in [6.45, 7) is 0.424. The van der Waals surface area contributed by atoms with Gasteiger partial charge in [-0.2, -0.15) is 4.98 Å². The van der Waals surface area contributed by atoms with Crippen molar-refractivity contribution >= 4 is 5.91 Å². The maximum atomic E-state index is 13.5. The molecule has 3 aromatic rings. The minimum atomic E-state index is -0.451. The number of rotatable bonds is 7. The summed E-state index contributed by atoms with van der Waals surface area (Å²) in [5.74, 6) is 0.316. The van der Waals surface area contributed by atoms with E-state index in [1.165, 1.54) is 12.1 Å². The number of para-hydroxylation sites is 1. The molecule has 0 N–H and O–H groups in total. The first-order valence-electron chi connectivity index (χ1n) is 8.13. The van der Waals surface area contributed by atoms with E-state index >= 15 is 0 Å². The number of ether oxygens (including phenoxy) is 1. The van der Waals surface area contributed by atoms with Gasteiger partial charge in [0, 0.05) is 25.6 Å². The molecule has 0 radical (unpaired) electrons. The Balaban J connectivity index is 1.50. The van der Waals surface area contributed by atoms with Crippen molar-refractivity contribution in [2.75, 3.05) is 13.6 Å². The van der Waals surface area contributed by atoms with Crippen molar-refractivity contribution in [2.45, 2.75) is 13.0 Å². The van der Waals surface area contributed by atoms with Crippen LogP contribution >= 0.6 is 0 Å². The molecule has 7 heteroatoms. The molecule has 0 aliphatic heterocycles. The summed E-state index contributed by atoms with van der Waals surface area (Å²) in [6.07, 6.45) is 0.443. The van der Waals surface area contributed by atoms with Gasteiger partial charge in [-0.25, -0.2) is 4.39 Å². The fourth-order valence-electron chi connectivity index (χ4n) is 2.32. The van der Waals surface area contributed by atoms with E-state index in [2.05, 4.69) is 10.1 Å². The molecule has 1 aromatic heterocycles. The van der Waals surface area contributed by atoms with E-state index in [0.29, 0.717) is 24.4 Å². The number of likely N-dealkylation sites (N-methyl/N-ethyl adjacent to an activating group) is 1. The number of carbonyl (C=O) groups is 1. The summed E-state index contributed by atoms with van der Waals surface area (Å²) >= 11 is 0. The molecule has 0 aliphatic rings. The second-order valence-corrected chi connectivity index (χ2v) is 5.67. The Kier molecular flexibility index (Phi) is 5.58. The summed E-state index contributed by atoms with van der Waals surface area (Å²) in [6, 6.07) is 15.1. The normalized spacial score (nSPS) is 10.5. The van der Waals surface area contributed by atoms with Crippen LogP contribution in [0.2, 0.25) is 0 Å². The summed E-state index contributed by atoms with van der Waals surface area (Å²) in [7, 11) is 1.72. The quantitative estimate of drug-likeness (QED) is 0.651. The van der Waals surface area contributed by atoms with E-state index in [0.717, 1.165) is 0 Å². The first kappa shape index (κ1) is 17.6. The summed E-state index contributed by atoms with van der Waals surface area (Å²) in [4.78, 5) is 18.1. The summed E-state index contributed by atoms with van der Waals surface area (Å²) in [5.41, 5.74) is 0.627. The second-order valence-electron chi connectivity index (χ2n) is 5.67. The van der Waals surface area contributed by atoms with Crippen LogP contribution in [0.4, 0.5) is 4.39 Å². The molecule has 26 heavy (non-hydrogen) atoms. The molecule has 3 rings (SSSR count). The van der Waals surface area contributed by atoms with Gasteiger partial charge in [-0.15, -0.1) is 0 Å². The van der Waals surface area contributed by atoms with Crippen LogP contribution in [0.1, 0.15) is 22.1 Å². The minimum Gasteiger partial charge on any atom is -0.481 e. The molecule has 0 saturated heterocycles. The van der Waals surface area contributed by atoms with Crippen LogP contribution < -0.4 is 4.74 Å². The van der Waals surface area contributed by atoms with Crippen LogP contribution in [0.5, 0.6) is 5.75 Å². The number of halogens is 1. The number of carbonyl (C=O) groups excluding carboxylic acids is 1. The Morgan fingerprint density at radius 3 is 2.65 bits per heavy atom. The smallest absolute Gasteiger partial charge is 0.264 e. The first-order valence-corrected chi connectivity index (χ1v) is 8.13. The Morgan fingerprint density at radius 2 is 1.88 bits per heavy atom. The van der Waals surface area contributed by atoms with Crippen molar-refractivity contribution in [3.63, 3.8) is 0 Å². The lowest BCUT2D eigenvalue weighted by Crippen LogP contribution is -2.29. The molecule has 134 valence electrons. The molecule has 0 aliphatic carbocycles. The van der Waals surface area contributed by atoms with E-state index < -0.39 is 5.82 Å². The van der Waals surface area contributed by atoms with Crippen molar-refractivity contribution in [2.24, 2.45) is 0 Å². The van der Waals surface area contributed by atoms with Crippen molar-refractivity contribution < 1.29 is 18.4 Å². The van der Waals surface area contributed by atoms with Crippen LogP contribution in [0.25, 0.3) is 0 Å². The van der Waals surface area contributed by atoms with Gasteiger partial charge in [-0.3, -0.25) is 4.79 Å². The number of aromatic nitrogens is 2. The molecule has 0 spiro atoms. The maximum Gasteiger partial charge on any atom is 0.264 e. The first-order chi connectivity index (χ1) is 12.6. The molecule has 0 bridgehead atoms. The van der Waals surface area contributed by atoms with Gasteiger partial charge >= 0.3 is 0 Å². The molecule has 1 amide bonds. The van der Waals surface area contributed by atoms with E-state index in [1.54, 1.807) is 36.2 Å². The van der Waals surface area contributed by atoms with Crippen molar-refractivity contribution in [1.29, 1.82) is 0 Å². The highest BCUT2D eigenvalue weighted by atomic mass is 19.1. The Hall–Kier alpha value is -3.22. The molecule has 0 atom stereocenters. The largest absolute Gasteiger partial charge is 0.481 e. The highest BCUT2D eigenvalue weighted by molar-refractivity contribution is 5.93. The van der Waals surface area contributed by atoms with Gasteiger partial charge in [-0.05, 0) is 24.3 Å². The number of hydrogen-bond donors (Lipinski definition) is 0. The highest BCUT2D eigenvalue weighted by Crippen LogP contribution is 2.16.